The van der Waals surface area contributed by atoms with E-state index in [2.05, 4.69) is 0 Å². The van der Waals surface area contributed by atoms with Gasteiger partial charge in [-0.15, -0.1) is 0 Å². The van der Waals surface area contributed by atoms with Crippen molar-refractivity contribution in [1.29, 1.82) is 0 Å². The van der Waals surface area contributed by atoms with E-state index in [0.717, 1.165) is 19.3 Å². The summed E-state index contributed by atoms with van der Waals surface area (Å²) < 4.78 is 0. The smallest absolute Gasteiger partial charge is 0.303 e. The number of imide groups is 1. The van der Waals surface area contributed by atoms with Gasteiger partial charge in [-0.1, -0.05) is 26.7 Å². The molecule has 5 heteroatoms. The van der Waals surface area contributed by atoms with E-state index in [1.807, 2.05) is 0 Å². The van der Waals surface area contributed by atoms with Crippen molar-refractivity contribution in [2.45, 2.75) is 52.4 Å². The summed E-state index contributed by atoms with van der Waals surface area (Å²) in [5.74, 6) is -0.949. The number of carbonyl (C=O) groups is 3. The van der Waals surface area contributed by atoms with Crippen LogP contribution in [-0.4, -0.2) is 34.3 Å². The molecule has 18 heavy (non-hydrogen) atoms. The van der Waals surface area contributed by atoms with E-state index in [1.165, 1.54) is 4.90 Å². The van der Waals surface area contributed by atoms with E-state index in [0.29, 0.717) is 19.4 Å². The lowest BCUT2D eigenvalue weighted by Gasteiger charge is -2.17. The largest absolute Gasteiger partial charge is 0.481 e. The van der Waals surface area contributed by atoms with Gasteiger partial charge in [0.1, 0.15) is 0 Å². The van der Waals surface area contributed by atoms with Crippen LogP contribution in [0.25, 0.3) is 0 Å². The van der Waals surface area contributed by atoms with Crippen LogP contribution in [0.4, 0.5) is 0 Å². The zero-order chi connectivity index (χ0) is 13.8. The van der Waals surface area contributed by atoms with E-state index in [9.17, 15) is 14.4 Å². The normalized spacial score (nSPS) is 18.4. The molecule has 1 rings (SSSR count). The first-order chi connectivity index (χ1) is 8.34. The molecule has 0 aliphatic carbocycles. The molecule has 0 aromatic heterocycles. The SMILES string of the molecule is CC1(C)CC(=O)N(CCCCCCC(=O)O)C1=O. The van der Waals surface area contributed by atoms with Crippen molar-refractivity contribution in [2.75, 3.05) is 6.54 Å². The number of aliphatic carboxylic acids is 1. The molecule has 1 saturated heterocycles. The number of hydrogen-bond acceptors (Lipinski definition) is 3. The maximum atomic E-state index is 11.9. The van der Waals surface area contributed by atoms with Gasteiger partial charge in [0.05, 0.1) is 5.41 Å². The van der Waals surface area contributed by atoms with E-state index >= 15 is 0 Å². The zero-order valence-electron chi connectivity index (χ0n) is 11.1. The van der Waals surface area contributed by atoms with Gasteiger partial charge in [-0.05, 0) is 12.8 Å². The lowest BCUT2D eigenvalue weighted by molar-refractivity contribution is -0.141. The van der Waals surface area contributed by atoms with Crippen molar-refractivity contribution in [3.63, 3.8) is 0 Å². The number of amides is 2. The van der Waals surface area contributed by atoms with Gasteiger partial charge in [-0.3, -0.25) is 19.3 Å². The molecular weight excluding hydrogens is 234 g/mol. The molecule has 1 fully saturated rings. The molecule has 0 atom stereocenters. The highest BCUT2D eigenvalue weighted by atomic mass is 16.4. The number of rotatable bonds is 7. The van der Waals surface area contributed by atoms with Gasteiger partial charge < -0.3 is 5.11 Å². The van der Waals surface area contributed by atoms with E-state index in [-0.39, 0.29) is 18.2 Å². The molecule has 1 N–H and O–H groups in total. The van der Waals surface area contributed by atoms with Gasteiger partial charge in [0.2, 0.25) is 11.8 Å². The van der Waals surface area contributed by atoms with Crippen LogP contribution < -0.4 is 0 Å². The second kappa shape index (κ2) is 5.98. The molecule has 0 bridgehead atoms. The number of carboxylic acids is 1. The Morgan fingerprint density at radius 3 is 2.33 bits per heavy atom. The third kappa shape index (κ3) is 3.82. The van der Waals surface area contributed by atoms with Crippen molar-refractivity contribution in [2.24, 2.45) is 5.41 Å². The first-order valence-corrected chi connectivity index (χ1v) is 6.41. The molecule has 102 valence electrons. The zero-order valence-corrected chi connectivity index (χ0v) is 11.1. The Hall–Kier alpha value is -1.39. The molecule has 1 heterocycles. The minimum atomic E-state index is -0.776. The van der Waals surface area contributed by atoms with Gasteiger partial charge >= 0.3 is 5.97 Å². The van der Waals surface area contributed by atoms with Crippen molar-refractivity contribution in [3.05, 3.63) is 0 Å². The Labute approximate surface area is 107 Å². The fourth-order valence-electron chi connectivity index (χ4n) is 2.15. The molecule has 0 aromatic carbocycles. The second-order valence-electron chi connectivity index (χ2n) is 5.47. The van der Waals surface area contributed by atoms with Gasteiger partial charge in [0.25, 0.3) is 0 Å². The summed E-state index contributed by atoms with van der Waals surface area (Å²) in [6.07, 6.45) is 3.58. The van der Waals surface area contributed by atoms with E-state index < -0.39 is 11.4 Å². The molecule has 0 saturated carbocycles. The predicted octanol–water partition coefficient (Wildman–Crippen LogP) is 1.81. The van der Waals surface area contributed by atoms with Crippen molar-refractivity contribution in [3.8, 4) is 0 Å². The monoisotopic (exact) mass is 255 g/mol. The Bertz CT molecular complexity index is 349. The van der Waals surface area contributed by atoms with E-state index in [4.69, 9.17) is 5.11 Å². The third-order valence-electron chi connectivity index (χ3n) is 3.24. The van der Waals surface area contributed by atoms with Gasteiger partial charge in [-0.2, -0.15) is 0 Å². The van der Waals surface area contributed by atoms with Gasteiger partial charge in [0, 0.05) is 19.4 Å². The summed E-state index contributed by atoms with van der Waals surface area (Å²) in [5.41, 5.74) is -0.555. The van der Waals surface area contributed by atoms with E-state index in [1.54, 1.807) is 13.8 Å². The summed E-state index contributed by atoms with van der Waals surface area (Å²) in [5, 5.41) is 8.47. The highest BCUT2D eigenvalue weighted by Crippen LogP contribution is 2.31. The molecule has 5 nitrogen and oxygen atoms in total. The maximum absolute atomic E-state index is 11.9. The van der Waals surface area contributed by atoms with Crippen LogP contribution in [0.2, 0.25) is 0 Å². The average Bonchev–Trinajstić information content (AvgIpc) is 2.44. The topological polar surface area (TPSA) is 74.7 Å². The number of carboxylic acid groups (broad SMARTS) is 1. The van der Waals surface area contributed by atoms with Crippen molar-refractivity contribution < 1.29 is 19.5 Å². The minimum absolute atomic E-state index is 0.0852. The van der Waals surface area contributed by atoms with Crippen LogP contribution in [0.3, 0.4) is 0 Å². The van der Waals surface area contributed by atoms with Crippen LogP contribution in [0.15, 0.2) is 0 Å². The minimum Gasteiger partial charge on any atom is -0.481 e. The number of hydrogen-bond donors (Lipinski definition) is 1. The highest BCUT2D eigenvalue weighted by Gasteiger charge is 2.44. The molecule has 1 aliphatic heterocycles. The Balaban J connectivity index is 2.22. The number of nitrogens with zero attached hydrogens (tertiary/aromatic N) is 1. The Morgan fingerprint density at radius 1 is 1.22 bits per heavy atom. The fraction of sp³-hybridized carbons (Fsp3) is 0.769. The first-order valence-electron chi connectivity index (χ1n) is 6.41. The lowest BCUT2D eigenvalue weighted by atomic mass is 9.92. The molecule has 0 unspecified atom stereocenters. The van der Waals surface area contributed by atoms with Crippen LogP contribution >= 0.6 is 0 Å². The fourth-order valence-corrected chi connectivity index (χ4v) is 2.15. The molecular formula is C13H21NO4. The average molecular weight is 255 g/mol. The lowest BCUT2D eigenvalue weighted by Crippen LogP contribution is -2.33. The van der Waals surface area contributed by atoms with Crippen LogP contribution in [0.5, 0.6) is 0 Å². The second-order valence-corrected chi connectivity index (χ2v) is 5.47. The molecule has 0 aromatic rings. The highest BCUT2D eigenvalue weighted by molar-refractivity contribution is 6.05. The molecule has 0 spiro atoms. The molecule has 0 radical (unpaired) electrons. The summed E-state index contributed by atoms with van der Waals surface area (Å²) in [6, 6.07) is 0. The summed E-state index contributed by atoms with van der Waals surface area (Å²) >= 11 is 0. The molecule has 2 amide bonds. The third-order valence-corrected chi connectivity index (χ3v) is 3.24. The van der Waals surface area contributed by atoms with Crippen molar-refractivity contribution in [1.82, 2.24) is 4.90 Å². The predicted molar refractivity (Wildman–Crippen MR) is 65.8 cm³/mol. The standard InChI is InChI=1S/C13H21NO4/c1-13(2)9-10(15)14(12(13)18)8-6-4-3-5-7-11(16)17/h3-9H2,1-2H3,(H,16,17). The summed E-state index contributed by atoms with van der Waals surface area (Å²) in [7, 11) is 0. The van der Waals surface area contributed by atoms with Gasteiger partial charge in [-0.25, -0.2) is 0 Å². The Morgan fingerprint density at radius 2 is 1.83 bits per heavy atom. The molecule has 1 aliphatic rings. The van der Waals surface area contributed by atoms with Crippen molar-refractivity contribution >= 4 is 17.8 Å². The quantitative estimate of drug-likeness (QED) is 0.556. The Kier molecular flexibility index (Phi) is 4.87. The van der Waals surface area contributed by atoms with Gasteiger partial charge in [0.15, 0.2) is 0 Å². The summed E-state index contributed by atoms with van der Waals surface area (Å²) in [6.45, 7) is 4.05. The number of likely N-dealkylation sites (tertiary alicyclic amines) is 1. The van der Waals surface area contributed by atoms with Crippen LogP contribution in [-0.2, 0) is 14.4 Å². The maximum Gasteiger partial charge on any atom is 0.303 e. The van der Waals surface area contributed by atoms with Crippen LogP contribution in [0.1, 0.15) is 52.4 Å². The first kappa shape index (κ1) is 14.7. The number of unbranched alkanes of at least 4 members (excludes halogenated alkanes) is 3. The number of carbonyl (C=O) groups excluding carboxylic acids is 2. The van der Waals surface area contributed by atoms with Crippen LogP contribution in [0, 0.1) is 5.41 Å². The summed E-state index contributed by atoms with van der Waals surface area (Å²) in [4.78, 5) is 35.2.